The van der Waals surface area contributed by atoms with Gasteiger partial charge in [-0.15, -0.1) is 0 Å². The van der Waals surface area contributed by atoms with E-state index in [2.05, 4.69) is 5.32 Å². The van der Waals surface area contributed by atoms with Gasteiger partial charge in [0.2, 0.25) is 11.8 Å². The van der Waals surface area contributed by atoms with Crippen molar-refractivity contribution in [3.05, 3.63) is 42.0 Å². The van der Waals surface area contributed by atoms with Crippen LogP contribution in [-0.4, -0.2) is 39.9 Å². The van der Waals surface area contributed by atoms with Crippen molar-refractivity contribution in [3.63, 3.8) is 0 Å². The fraction of sp³-hybridized carbons (Fsp3) is 0.214. The van der Waals surface area contributed by atoms with Crippen LogP contribution in [0.15, 0.2) is 36.4 Å². The molecule has 0 spiro atoms. The van der Waals surface area contributed by atoms with E-state index in [9.17, 15) is 9.59 Å². The quantitative estimate of drug-likeness (QED) is 0.664. The summed E-state index contributed by atoms with van der Waals surface area (Å²) in [5.41, 5.74) is 0.968. The Kier molecular flexibility index (Phi) is 5.31. The number of thioether (sulfide) groups is 1. The predicted molar refractivity (Wildman–Crippen MR) is 85.3 cm³/mol. The maximum atomic E-state index is 11.6. The molecular formula is C14H14N2O2S2. The molecule has 0 aliphatic carbocycles. The van der Waals surface area contributed by atoms with Gasteiger partial charge >= 0.3 is 0 Å². The topological polar surface area (TPSA) is 49.4 Å². The van der Waals surface area contributed by atoms with E-state index in [4.69, 9.17) is 12.2 Å². The Balaban J connectivity index is 1.74. The minimum absolute atomic E-state index is 0.00840. The van der Waals surface area contributed by atoms with E-state index in [1.807, 2.05) is 30.3 Å². The van der Waals surface area contributed by atoms with E-state index in [0.717, 1.165) is 5.56 Å². The molecule has 104 valence electrons. The number of amides is 2. The molecule has 6 heteroatoms. The highest BCUT2D eigenvalue weighted by atomic mass is 32.2. The van der Waals surface area contributed by atoms with Crippen molar-refractivity contribution in [3.8, 4) is 0 Å². The summed E-state index contributed by atoms with van der Waals surface area (Å²) in [5, 5.41) is 2.73. The number of nitrogens with one attached hydrogen (secondary N) is 1. The molecule has 1 aliphatic rings. The molecule has 0 saturated carbocycles. The molecular weight excluding hydrogens is 292 g/mol. The van der Waals surface area contributed by atoms with Crippen molar-refractivity contribution in [1.29, 1.82) is 0 Å². The smallest absolute Gasteiger partial charge is 0.244 e. The molecule has 0 radical (unpaired) electrons. The van der Waals surface area contributed by atoms with Crippen LogP contribution in [0, 0.1) is 0 Å². The van der Waals surface area contributed by atoms with Crippen molar-refractivity contribution in [2.75, 3.05) is 18.8 Å². The highest BCUT2D eigenvalue weighted by molar-refractivity contribution is 8.23. The van der Waals surface area contributed by atoms with Gasteiger partial charge in [-0.25, -0.2) is 0 Å². The average molecular weight is 306 g/mol. The van der Waals surface area contributed by atoms with Gasteiger partial charge < -0.3 is 5.32 Å². The van der Waals surface area contributed by atoms with E-state index in [1.165, 1.54) is 22.7 Å². The van der Waals surface area contributed by atoms with Crippen LogP contribution in [0.1, 0.15) is 5.56 Å². The van der Waals surface area contributed by atoms with Crippen LogP contribution in [0.5, 0.6) is 0 Å². The van der Waals surface area contributed by atoms with Crippen molar-refractivity contribution in [2.45, 2.75) is 0 Å². The highest BCUT2D eigenvalue weighted by Gasteiger charge is 2.25. The minimum Gasteiger partial charge on any atom is -0.351 e. The Hall–Kier alpha value is -1.66. The molecule has 4 nitrogen and oxygen atoms in total. The second kappa shape index (κ2) is 7.21. The molecule has 20 heavy (non-hydrogen) atoms. The zero-order valence-corrected chi connectivity index (χ0v) is 12.4. The molecule has 0 bridgehead atoms. The molecule has 2 amide bonds. The van der Waals surface area contributed by atoms with Gasteiger partial charge in [0.15, 0.2) is 0 Å². The largest absolute Gasteiger partial charge is 0.351 e. The molecule has 1 aromatic carbocycles. The summed E-state index contributed by atoms with van der Waals surface area (Å²) in [6.45, 7) is 0.819. The molecule has 1 aliphatic heterocycles. The summed E-state index contributed by atoms with van der Waals surface area (Å²) in [6, 6.07) is 9.58. The molecule has 0 aromatic heterocycles. The van der Waals surface area contributed by atoms with E-state index in [1.54, 1.807) is 6.08 Å². The first kappa shape index (κ1) is 14.7. The van der Waals surface area contributed by atoms with Gasteiger partial charge in [0, 0.05) is 19.2 Å². The minimum atomic E-state index is -0.181. The van der Waals surface area contributed by atoms with E-state index < -0.39 is 0 Å². The van der Waals surface area contributed by atoms with Gasteiger partial charge in [-0.05, 0) is 11.6 Å². The lowest BCUT2D eigenvalue weighted by Crippen LogP contribution is -2.36. The van der Waals surface area contributed by atoms with E-state index in [0.29, 0.717) is 23.2 Å². The van der Waals surface area contributed by atoms with Crippen LogP contribution >= 0.6 is 24.0 Å². The number of nitrogens with zero attached hydrogens (tertiary/aromatic N) is 1. The number of rotatable bonds is 5. The first-order chi connectivity index (χ1) is 9.66. The van der Waals surface area contributed by atoms with Gasteiger partial charge in [-0.3, -0.25) is 14.5 Å². The number of benzene rings is 1. The van der Waals surface area contributed by atoms with Crippen LogP contribution in [0.25, 0.3) is 6.08 Å². The monoisotopic (exact) mass is 306 g/mol. The summed E-state index contributed by atoms with van der Waals surface area (Å²) in [4.78, 5) is 24.6. The zero-order chi connectivity index (χ0) is 14.4. The lowest BCUT2D eigenvalue weighted by atomic mass is 10.2. The average Bonchev–Trinajstić information content (AvgIpc) is 2.78. The lowest BCUT2D eigenvalue weighted by Gasteiger charge is -2.14. The van der Waals surface area contributed by atoms with Crippen LogP contribution in [0.4, 0.5) is 0 Å². The fourth-order valence-corrected chi connectivity index (χ4v) is 2.80. The van der Waals surface area contributed by atoms with Crippen molar-refractivity contribution < 1.29 is 9.59 Å². The number of thiocarbonyl (C=S) groups is 1. The summed E-state index contributed by atoms with van der Waals surface area (Å²) in [6.07, 6.45) is 3.23. The lowest BCUT2D eigenvalue weighted by molar-refractivity contribution is -0.124. The number of carbonyl (C=O) groups is 2. The Labute approximate surface area is 127 Å². The highest BCUT2D eigenvalue weighted by Crippen LogP contribution is 2.18. The second-order valence-corrected chi connectivity index (χ2v) is 5.74. The van der Waals surface area contributed by atoms with Gasteiger partial charge in [0.25, 0.3) is 0 Å². The SMILES string of the molecule is O=C(/C=C/c1ccccc1)NCCN1C(=O)CSC1=S. The fourth-order valence-electron chi connectivity index (χ4n) is 1.68. The summed E-state index contributed by atoms with van der Waals surface area (Å²) in [7, 11) is 0. The molecule has 1 saturated heterocycles. The van der Waals surface area contributed by atoms with Gasteiger partial charge in [0.05, 0.1) is 5.75 Å². The molecule has 1 N–H and O–H groups in total. The number of carbonyl (C=O) groups excluding carboxylic acids is 2. The Morgan fingerprint density at radius 1 is 1.40 bits per heavy atom. The first-order valence-electron chi connectivity index (χ1n) is 6.15. The predicted octanol–water partition coefficient (Wildman–Crippen LogP) is 1.68. The Morgan fingerprint density at radius 3 is 2.80 bits per heavy atom. The zero-order valence-electron chi connectivity index (χ0n) is 10.7. The number of hydrogen-bond donors (Lipinski definition) is 1. The second-order valence-electron chi connectivity index (χ2n) is 4.14. The third-order valence-electron chi connectivity index (χ3n) is 2.70. The standard InChI is InChI=1S/C14H14N2O2S2/c17-12(7-6-11-4-2-1-3-5-11)15-8-9-16-13(18)10-20-14(16)19/h1-7H,8-10H2,(H,15,17)/b7-6+. The molecule has 2 rings (SSSR count). The number of hydrogen-bond acceptors (Lipinski definition) is 4. The van der Waals surface area contributed by atoms with Crippen LogP contribution in [0.2, 0.25) is 0 Å². The van der Waals surface area contributed by atoms with Gasteiger partial charge in [-0.1, -0.05) is 54.3 Å². The summed E-state index contributed by atoms with van der Waals surface area (Å²) >= 11 is 6.41. The molecule has 1 aromatic rings. The van der Waals surface area contributed by atoms with Crippen LogP contribution in [-0.2, 0) is 9.59 Å². The third kappa shape index (κ3) is 4.18. The third-order valence-corrected chi connectivity index (χ3v) is 4.13. The molecule has 1 fully saturated rings. The molecule has 1 heterocycles. The van der Waals surface area contributed by atoms with Crippen molar-refractivity contribution >= 4 is 46.2 Å². The van der Waals surface area contributed by atoms with Gasteiger partial charge in [0.1, 0.15) is 4.32 Å². The van der Waals surface area contributed by atoms with Crippen molar-refractivity contribution in [1.82, 2.24) is 10.2 Å². The van der Waals surface area contributed by atoms with Crippen molar-refractivity contribution in [2.24, 2.45) is 0 Å². The maximum absolute atomic E-state index is 11.6. The van der Waals surface area contributed by atoms with E-state index in [-0.39, 0.29) is 11.8 Å². The maximum Gasteiger partial charge on any atom is 0.244 e. The Bertz CT molecular complexity index is 527. The normalized spacial score (nSPS) is 15.1. The van der Waals surface area contributed by atoms with Crippen LogP contribution in [0.3, 0.4) is 0 Å². The first-order valence-corrected chi connectivity index (χ1v) is 7.54. The van der Waals surface area contributed by atoms with E-state index >= 15 is 0 Å². The Morgan fingerprint density at radius 2 is 2.15 bits per heavy atom. The van der Waals surface area contributed by atoms with Gasteiger partial charge in [-0.2, -0.15) is 0 Å². The summed E-state index contributed by atoms with van der Waals surface area (Å²) in [5.74, 6) is 0.230. The molecule has 0 atom stereocenters. The molecule has 0 unspecified atom stereocenters. The van der Waals surface area contributed by atoms with Crippen LogP contribution < -0.4 is 5.32 Å². The summed E-state index contributed by atoms with van der Waals surface area (Å²) < 4.78 is 0.587.